The number of nitrogens with zero attached hydrogens (tertiary/aromatic N) is 1. The van der Waals surface area contributed by atoms with Gasteiger partial charge in [-0.2, -0.15) is 0 Å². The maximum atomic E-state index is 12.2. The fraction of sp³-hybridized carbons (Fsp3) is 0.231. The SMILES string of the molecule is O=C(O)C(O)CCNS(=O)(=O)c1cccc2ncccc12. The van der Waals surface area contributed by atoms with Crippen LogP contribution in [0.2, 0.25) is 0 Å². The Morgan fingerprint density at radius 1 is 1.29 bits per heavy atom. The van der Waals surface area contributed by atoms with E-state index in [9.17, 15) is 13.2 Å². The van der Waals surface area contributed by atoms with Crippen LogP contribution >= 0.6 is 0 Å². The van der Waals surface area contributed by atoms with Crippen molar-refractivity contribution in [3.05, 3.63) is 36.5 Å². The molecular formula is C13H14N2O5S. The predicted molar refractivity (Wildman–Crippen MR) is 75.2 cm³/mol. The summed E-state index contributed by atoms with van der Waals surface area (Å²) in [4.78, 5) is 14.6. The number of fused-ring (bicyclic) bond motifs is 1. The molecule has 1 aromatic heterocycles. The molecule has 0 aliphatic carbocycles. The Bertz CT molecular complexity index is 755. The molecule has 0 radical (unpaired) electrons. The monoisotopic (exact) mass is 310 g/mol. The molecule has 1 unspecified atom stereocenters. The molecule has 8 heteroatoms. The average Bonchev–Trinajstić information content (AvgIpc) is 2.46. The van der Waals surface area contributed by atoms with Gasteiger partial charge in [0.25, 0.3) is 0 Å². The second-order valence-corrected chi connectivity index (χ2v) is 6.10. The number of rotatable bonds is 6. The van der Waals surface area contributed by atoms with E-state index in [1.165, 1.54) is 6.07 Å². The Balaban J connectivity index is 2.20. The van der Waals surface area contributed by atoms with Crippen molar-refractivity contribution in [2.24, 2.45) is 0 Å². The van der Waals surface area contributed by atoms with E-state index in [0.29, 0.717) is 10.9 Å². The molecule has 0 aliphatic rings. The molecule has 112 valence electrons. The third-order valence-electron chi connectivity index (χ3n) is 2.89. The topological polar surface area (TPSA) is 117 Å². The van der Waals surface area contributed by atoms with Crippen molar-refractivity contribution in [1.82, 2.24) is 9.71 Å². The number of aliphatic carboxylic acids is 1. The van der Waals surface area contributed by atoms with Gasteiger partial charge in [-0.1, -0.05) is 6.07 Å². The van der Waals surface area contributed by atoms with Crippen LogP contribution in [0, 0.1) is 0 Å². The van der Waals surface area contributed by atoms with Gasteiger partial charge in [-0.05, 0) is 30.7 Å². The molecule has 3 N–H and O–H groups in total. The highest BCUT2D eigenvalue weighted by atomic mass is 32.2. The van der Waals surface area contributed by atoms with Crippen molar-refractivity contribution in [3.8, 4) is 0 Å². The Hall–Kier alpha value is -2.03. The first kappa shape index (κ1) is 15.4. The Morgan fingerprint density at radius 2 is 2.05 bits per heavy atom. The molecule has 0 saturated heterocycles. The van der Waals surface area contributed by atoms with Crippen LogP contribution < -0.4 is 4.72 Å². The summed E-state index contributed by atoms with van der Waals surface area (Å²) in [7, 11) is -3.80. The van der Waals surface area contributed by atoms with Gasteiger partial charge in [0.15, 0.2) is 6.10 Å². The molecule has 0 saturated carbocycles. The second kappa shape index (κ2) is 6.17. The molecule has 1 heterocycles. The van der Waals surface area contributed by atoms with Crippen molar-refractivity contribution in [2.75, 3.05) is 6.54 Å². The Kier molecular flexibility index (Phi) is 4.51. The molecular weight excluding hydrogens is 296 g/mol. The number of carboxylic acid groups (broad SMARTS) is 1. The minimum Gasteiger partial charge on any atom is -0.479 e. The molecule has 0 amide bonds. The van der Waals surface area contributed by atoms with E-state index in [-0.39, 0.29) is 17.9 Å². The molecule has 7 nitrogen and oxygen atoms in total. The molecule has 0 aliphatic heterocycles. The van der Waals surface area contributed by atoms with Gasteiger partial charge in [0.05, 0.1) is 10.4 Å². The zero-order valence-corrected chi connectivity index (χ0v) is 11.7. The summed E-state index contributed by atoms with van der Waals surface area (Å²) in [5, 5.41) is 18.1. The largest absolute Gasteiger partial charge is 0.479 e. The predicted octanol–water partition coefficient (Wildman–Crippen LogP) is 0.349. The van der Waals surface area contributed by atoms with Gasteiger partial charge in [-0.3, -0.25) is 4.98 Å². The minimum absolute atomic E-state index is 0.0675. The minimum atomic E-state index is -3.80. The molecule has 1 aromatic carbocycles. The number of sulfonamides is 1. The van der Waals surface area contributed by atoms with Gasteiger partial charge in [0, 0.05) is 18.1 Å². The molecule has 0 fully saturated rings. The summed E-state index contributed by atoms with van der Waals surface area (Å²) < 4.78 is 26.7. The molecule has 21 heavy (non-hydrogen) atoms. The molecule has 0 spiro atoms. The number of carboxylic acids is 1. The van der Waals surface area contributed by atoms with Crippen molar-refractivity contribution in [3.63, 3.8) is 0 Å². The maximum Gasteiger partial charge on any atom is 0.332 e. The van der Waals surface area contributed by atoms with Crippen molar-refractivity contribution < 1.29 is 23.4 Å². The number of benzene rings is 1. The lowest BCUT2D eigenvalue weighted by molar-refractivity contribution is -0.146. The number of aromatic nitrogens is 1. The van der Waals surface area contributed by atoms with E-state index < -0.39 is 22.1 Å². The highest BCUT2D eigenvalue weighted by Gasteiger charge is 2.19. The summed E-state index contributed by atoms with van der Waals surface area (Å²) in [6.07, 6.45) is -0.241. The number of pyridine rings is 1. The molecule has 0 bridgehead atoms. The van der Waals surface area contributed by atoms with E-state index in [1.54, 1.807) is 30.5 Å². The van der Waals surface area contributed by atoms with Crippen LogP contribution in [0.15, 0.2) is 41.4 Å². The molecule has 2 aromatic rings. The highest BCUT2D eigenvalue weighted by Crippen LogP contribution is 2.20. The third kappa shape index (κ3) is 3.54. The zero-order valence-electron chi connectivity index (χ0n) is 10.9. The van der Waals surface area contributed by atoms with Gasteiger partial charge >= 0.3 is 5.97 Å². The number of hydrogen-bond donors (Lipinski definition) is 3. The number of carbonyl (C=O) groups is 1. The van der Waals surface area contributed by atoms with Crippen molar-refractivity contribution in [1.29, 1.82) is 0 Å². The van der Waals surface area contributed by atoms with Gasteiger partial charge in [0.2, 0.25) is 10.0 Å². The first-order valence-electron chi connectivity index (χ1n) is 6.16. The van der Waals surface area contributed by atoms with Crippen LogP contribution in [-0.2, 0) is 14.8 Å². The summed E-state index contributed by atoms with van der Waals surface area (Å²) in [5.41, 5.74) is 0.547. The number of aliphatic hydroxyl groups excluding tert-OH is 1. The number of nitrogens with one attached hydrogen (secondary N) is 1. The maximum absolute atomic E-state index is 12.2. The quantitative estimate of drug-likeness (QED) is 0.709. The van der Waals surface area contributed by atoms with Crippen LogP contribution in [-0.4, -0.2) is 42.2 Å². The lowest BCUT2D eigenvalue weighted by Gasteiger charge is -2.10. The Morgan fingerprint density at radius 3 is 2.76 bits per heavy atom. The normalized spacial score (nSPS) is 13.2. The summed E-state index contributed by atoms with van der Waals surface area (Å²) in [6.45, 7) is -0.174. The van der Waals surface area contributed by atoms with E-state index in [1.807, 2.05) is 0 Å². The Labute approximate surface area is 121 Å². The fourth-order valence-corrected chi connectivity index (χ4v) is 3.10. The summed E-state index contributed by atoms with van der Waals surface area (Å²) >= 11 is 0. The lowest BCUT2D eigenvalue weighted by Crippen LogP contribution is -2.30. The molecule has 1 atom stereocenters. The molecule has 2 rings (SSSR count). The van der Waals surface area contributed by atoms with Gasteiger partial charge in [-0.25, -0.2) is 17.9 Å². The van der Waals surface area contributed by atoms with Crippen LogP contribution in [0.4, 0.5) is 0 Å². The summed E-state index contributed by atoms with van der Waals surface area (Å²) in [5.74, 6) is -1.39. The van der Waals surface area contributed by atoms with Crippen molar-refractivity contribution >= 4 is 26.9 Å². The van der Waals surface area contributed by atoms with Crippen LogP contribution in [0.1, 0.15) is 6.42 Å². The first-order chi connectivity index (χ1) is 9.92. The number of aliphatic hydroxyl groups is 1. The van der Waals surface area contributed by atoms with Crippen LogP contribution in [0.5, 0.6) is 0 Å². The lowest BCUT2D eigenvalue weighted by atomic mass is 10.2. The standard InChI is InChI=1S/C13H14N2O5S/c16-11(13(17)18)6-8-15-21(19,20)12-5-1-4-10-9(12)3-2-7-14-10/h1-5,7,11,15-16H,6,8H2,(H,17,18). The highest BCUT2D eigenvalue weighted by molar-refractivity contribution is 7.89. The first-order valence-corrected chi connectivity index (χ1v) is 7.64. The zero-order chi connectivity index (χ0) is 15.5. The smallest absolute Gasteiger partial charge is 0.332 e. The average molecular weight is 310 g/mol. The van der Waals surface area contributed by atoms with E-state index >= 15 is 0 Å². The second-order valence-electron chi connectivity index (χ2n) is 4.37. The fourth-order valence-electron chi connectivity index (χ4n) is 1.84. The third-order valence-corrected chi connectivity index (χ3v) is 4.41. The summed E-state index contributed by atoms with van der Waals surface area (Å²) in [6, 6.07) is 8.00. The number of hydrogen-bond acceptors (Lipinski definition) is 5. The van der Waals surface area contributed by atoms with E-state index in [2.05, 4.69) is 9.71 Å². The van der Waals surface area contributed by atoms with Crippen LogP contribution in [0.25, 0.3) is 10.9 Å². The van der Waals surface area contributed by atoms with Crippen molar-refractivity contribution in [2.45, 2.75) is 17.4 Å². The van der Waals surface area contributed by atoms with Crippen LogP contribution in [0.3, 0.4) is 0 Å². The van der Waals surface area contributed by atoms with E-state index in [4.69, 9.17) is 10.2 Å². The van der Waals surface area contributed by atoms with Gasteiger partial charge in [0.1, 0.15) is 0 Å². The van der Waals surface area contributed by atoms with Gasteiger partial charge < -0.3 is 10.2 Å². The van der Waals surface area contributed by atoms with Gasteiger partial charge in [-0.15, -0.1) is 0 Å². The van der Waals surface area contributed by atoms with E-state index in [0.717, 1.165) is 0 Å².